The minimum absolute atomic E-state index is 0.150. The van der Waals surface area contributed by atoms with Gasteiger partial charge in [-0.2, -0.15) is 0 Å². The van der Waals surface area contributed by atoms with Crippen LogP contribution in [-0.4, -0.2) is 60.9 Å². The molecule has 0 bridgehead atoms. The smallest absolute Gasteiger partial charge is 0.338 e. The molecule has 1 N–H and O–H groups in total. The molecule has 0 spiro atoms. The Hall–Kier alpha value is -1.93. The summed E-state index contributed by atoms with van der Waals surface area (Å²) in [5.41, 5.74) is -0.789. The van der Waals surface area contributed by atoms with Gasteiger partial charge < -0.3 is 19.5 Å². The van der Waals surface area contributed by atoms with Gasteiger partial charge in [-0.25, -0.2) is 4.79 Å². The molecule has 1 aliphatic heterocycles. The van der Waals surface area contributed by atoms with Crippen LogP contribution in [0, 0.1) is 0 Å². The van der Waals surface area contributed by atoms with Crippen molar-refractivity contribution in [3.63, 3.8) is 0 Å². The summed E-state index contributed by atoms with van der Waals surface area (Å²) in [7, 11) is 1.51. The summed E-state index contributed by atoms with van der Waals surface area (Å²) in [5, 5.41) is 2.45. The van der Waals surface area contributed by atoms with Crippen molar-refractivity contribution in [2.24, 2.45) is 0 Å². The highest BCUT2D eigenvalue weighted by atomic mass is 16.6. The van der Waals surface area contributed by atoms with Gasteiger partial charge in [0, 0.05) is 19.3 Å². The molecule has 1 saturated heterocycles. The number of esters is 1. The molecule has 2 atom stereocenters. The van der Waals surface area contributed by atoms with Gasteiger partial charge in [0.1, 0.15) is 12.8 Å². The van der Waals surface area contributed by atoms with Crippen molar-refractivity contribution in [1.82, 2.24) is 10.2 Å². The molecule has 28 heavy (non-hydrogen) atoms. The third-order valence-electron chi connectivity index (χ3n) is 5.53. The Morgan fingerprint density at radius 3 is 2.57 bits per heavy atom. The molecule has 2 amide bonds. The molecule has 8 heteroatoms. The standard InChI is InChI=1S/C20H30N2O6/c1-21-17(24)9-12-22(14-23)18-8-7-16(27-18)13-26-19(25)20(28-15-5-6-15)10-3-2-4-11-20/h9,12,14-16,18H,2-8,10-11,13H2,1H3,(H,21,24)/b12-9-. The first kappa shape index (κ1) is 20.8. The Morgan fingerprint density at radius 2 is 1.93 bits per heavy atom. The largest absolute Gasteiger partial charge is 0.461 e. The summed E-state index contributed by atoms with van der Waals surface area (Å²) in [6, 6.07) is 0. The number of hydrogen-bond acceptors (Lipinski definition) is 6. The minimum atomic E-state index is -0.789. The summed E-state index contributed by atoms with van der Waals surface area (Å²) in [4.78, 5) is 36.7. The number of carbonyl (C=O) groups excluding carboxylic acids is 3. The maximum absolute atomic E-state index is 12.8. The van der Waals surface area contributed by atoms with Gasteiger partial charge >= 0.3 is 5.97 Å². The van der Waals surface area contributed by atoms with E-state index < -0.39 is 11.8 Å². The van der Waals surface area contributed by atoms with Crippen LogP contribution in [-0.2, 0) is 28.6 Å². The number of nitrogens with one attached hydrogen (secondary N) is 1. The molecule has 156 valence electrons. The summed E-state index contributed by atoms with van der Waals surface area (Å²) in [6.45, 7) is 0.150. The van der Waals surface area contributed by atoms with Gasteiger partial charge in [-0.05, 0) is 51.4 Å². The SMILES string of the molecule is CNC(=O)/C=C\N(C=O)C1CCC(COC(=O)C2(OC3CC3)CCCCC2)O1. The van der Waals surface area contributed by atoms with Gasteiger partial charge in [0.2, 0.25) is 12.3 Å². The van der Waals surface area contributed by atoms with Crippen LogP contribution >= 0.6 is 0 Å². The van der Waals surface area contributed by atoms with Crippen molar-refractivity contribution >= 4 is 18.3 Å². The van der Waals surface area contributed by atoms with E-state index >= 15 is 0 Å². The van der Waals surface area contributed by atoms with Crippen LogP contribution < -0.4 is 5.32 Å². The lowest BCUT2D eigenvalue weighted by Crippen LogP contribution is -2.46. The molecule has 0 aromatic heterocycles. The van der Waals surface area contributed by atoms with Gasteiger partial charge in [0.05, 0.1) is 12.2 Å². The van der Waals surface area contributed by atoms with Crippen molar-refractivity contribution in [3.8, 4) is 0 Å². The topological polar surface area (TPSA) is 94.2 Å². The fraction of sp³-hybridized carbons (Fsp3) is 0.750. The zero-order chi connectivity index (χ0) is 20.0. The second-order valence-electron chi connectivity index (χ2n) is 7.74. The van der Waals surface area contributed by atoms with Crippen LogP contribution in [0.2, 0.25) is 0 Å². The first-order valence-corrected chi connectivity index (χ1v) is 10.2. The maximum Gasteiger partial charge on any atom is 0.338 e. The molecular formula is C20H30N2O6. The lowest BCUT2D eigenvalue weighted by atomic mass is 9.84. The molecule has 3 rings (SSSR count). The predicted octanol–water partition coefficient (Wildman–Crippen LogP) is 1.63. The van der Waals surface area contributed by atoms with E-state index in [9.17, 15) is 14.4 Å². The molecule has 0 aromatic rings. The average molecular weight is 394 g/mol. The Balaban J connectivity index is 1.49. The molecule has 3 fully saturated rings. The molecule has 3 aliphatic rings. The number of rotatable bonds is 9. The Kier molecular flexibility index (Phi) is 7.07. The minimum Gasteiger partial charge on any atom is -0.461 e. The summed E-state index contributed by atoms with van der Waals surface area (Å²) in [6.07, 6.45) is 10.6. The molecule has 0 aromatic carbocycles. The van der Waals surface area contributed by atoms with Crippen molar-refractivity contribution in [3.05, 3.63) is 12.3 Å². The molecule has 2 unspecified atom stereocenters. The van der Waals surface area contributed by atoms with Crippen molar-refractivity contribution in [1.29, 1.82) is 0 Å². The zero-order valence-corrected chi connectivity index (χ0v) is 16.4. The molecule has 0 radical (unpaired) electrons. The van der Waals surface area contributed by atoms with E-state index in [0.717, 1.165) is 44.9 Å². The Bertz CT molecular complexity index is 598. The van der Waals surface area contributed by atoms with Gasteiger partial charge in [0.25, 0.3) is 0 Å². The molecular weight excluding hydrogens is 364 g/mol. The second kappa shape index (κ2) is 9.52. The van der Waals surface area contributed by atoms with E-state index in [0.29, 0.717) is 19.3 Å². The van der Waals surface area contributed by atoms with E-state index in [2.05, 4.69) is 5.32 Å². The van der Waals surface area contributed by atoms with Crippen LogP contribution in [0.1, 0.15) is 57.8 Å². The van der Waals surface area contributed by atoms with Gasteiger partial charge in [0.15, 0.2) is 5.60 Å². The third-order valence-corrected chi connectivity index (χ3v) is 5.53. The maximum atomic E-state index is 12.8. The van der Waals surface area contributed by atoms with E-state index in [1.807, 2.05) is 0 Å². The summed E-state index contributed by atoms with van der Waals surface area (Å²) in [5.74, 6) is -0.582. The number of carbonyl (C=O) groups is 3. The van der Waals surface area contributed by atoms with E-state index in [4.69, 9.17) is 14.2 Å². The summed E-state index contributed by atoms with van der Waals surface area (Å²) < 4.78 is 17.5. The zero-order valence-electron chi connectivity index (χ0n) is 16.4. The first-order valence-electron chi connectivity index (χ1n) is 10.2. The van der Waals surface area contributed by atoms with Crippen molar-refractivity contribution in [2.45, 2.75) is 81.8 Å². The Morgan fingerprint density at radius 1 is 1.18 bits per heavy atom. The highest BCUT2D eigenvalue weighted by Gasteiger charge is 2.46. The molecule has 1 heterocycles. The van der Waals surface area contributed by atoms with Crippen LogP contribution in [0.15, 0.2) is 12.3 Å². The summed E-state index contributed by atoms with van der Waals surface area (Å²) >= 11 is 0. The number of ether oxygens (including phenoxy) is 3. The van der Waals surface area contributed by atoms with Gasteiger partial charge in [-0.3, -0.25) is 14.5 Å². The number of amides is 2. The average Bonchev–Trinajstić information content (AvgIpc) is 3.40. The number of nitrogens with zero attached hydrogens (tertiary/aromatic N) is 1. The normalized spacial score (nSPS) is 26.8. The highest BCUT2D eigenvalue weighted by Crippen LogP contribution is 2.39. The lowest BCUT2D eigenvalue weighted by molar-refractivity contribution is -0.184. The van der Waals surface area contributed by atoms with Gasteiger partial charge in [-0.1, -0.05) is 6.42 Å². The lowest BCUT2D eigenvalue weighted by Gasteiger charge is -2.35. The van der Waals surface area contributed by atoms with E-state index in [1.165, 1.54) is 24.2 Å². The van der Waals surface area contributed by atoms with Crippen molar-refractivity contribution in [2.75, 3.05) is 13.7 Å². The van der Waals surface area contributed by atoms with E-state index in [1.54, 1.807) is 0 Å². The van der Waals surface area contributed by atoms with Gasteiger partial charge in [-0.15, -0.1) is 0 Å². The van der Waals surface area contributed by atoms with Crippen LogP contribution in [0.25, 0.3) is 0 Å². The Labute approximate surface area is 165 Å². The van der Waals surface area contributed by atoms with Crippen LogP contribution in [0.4, 0.5) is 0 Å². The van der Waals surface area contributed by atoms with E-state index in [-0.39, 0.29) is 30.7 Å². The number of hydrogen-bond donors (Lipinski definition) is 1. The number of likely N-dealkylation sites (N-methyl/N-ethyl adjacent to an activating group) is 1. The monoisotopic (exact) mass is 394 g/mol. The molecule has 8 nitrogen and oxygen atoms in total. The molecule has 2 aliphatic carbocycles. The highest BCUT2D eigenvalue weighted by molar-refractivity contribution is 5.87. The quantitative estimate of drug-likeness (QED) is 0.363. The fourth-order valence-corrected chi connectivity index (χ4v) is 3.76. The van der Waals surface area contributed by atoms with Crippen molar-refractivity contribution < 1.29 is 28.6 Å². The third kappa shape index (κ3) is 5.32. The fourth-order valence-electron chi connectivity index (χ4n) is 3.76. The first-order chi connectivity index (χ1) is 13.6. The van der Waals surface area contributed by atoms with Crippen LogP contribution in [0.5, 0.6) is 0 Å². The molecule has 2 saturated carbocycles. The van der Waals surface area contributed by atoms with Crippen LogP contribution in [0.3, 0.4) is 0 Å². The predicted molar refractivity (Wildman–Crippen MR) is 99.9 cm³/mol. The second-order valence-corrected chi connectivity index (χ2v) is 7.74.